The highest BCUT2D eigenvalue weighted by Gasteiger charge is 1.94. The Kier molecular flexibility index (Phi) is 5.62. The van der Waals surface area contributed by atoms with Crippen LogP contribution in [0.5, 0.6) is 0 Å². The van der Waals surface area contributed by atoms with E-state index >= 15 is 0 Å². The average Bonchev–Trinajstić information content (AvgIpc) is 1.97. The van der Waals surface area contributed by atoms with Crippen LogP contribution in [0.15, 0.2) is 23.8 Å². The number of rotatable bonds is 4. The van der Waals surface area contributed by atoms with Crippen molar-refractivity contribution in [2.24, 2.45) is 0 Å². The maximum absolute atomic E-state index is 8.94. The van der Waals surface area contributed by atoms with E-state index in [-0.39, 0.29) is 6.61 Å². The number of aliphatic hydroxyl groups is 3. The second-order valence-corrected chi connectivity index (χ2v) is 2.74. The van der Waals surface area contributed by atoms with Crippen molar-refractivity contribution in [3.05, 3.63) is 23.8 Å². The molecule has 0 saturated carbocycles. The molecule has 0 aliphatic carbocycles. The van der Waals surface area contributed by atoms with Crippen LogP contribution >= 0.6 is 0 Å². The van der Waals surface area contributed by atoms with Crippen molar-refractivity contribution in [2.75, 3.05) is 6.61 Å². The highest BCUT2D eigenvalue weighted by Crippen LogP contribution is 1.99. The first kappa shape index (κ1) is 11.4. The first-order valence-electron chi connectivity index (χ1n) is 3.92. The molecule has 0 aromatic heterocycles. The predicted molar refractivity (Wildman–Crippen MR) is 47.7 cm³/mol. The first-order valence-corrected chi connectivity index (χ1v) is 3.92. The molecule has 3 N–H and O–H groups in total. The minimum absolute atomic E-state index is 0.131. The fourth-order valence-electron chi connectivity index (χ4n) is 0.734. The summed E-state index contributed by atoms with van der Waals surface area (Å²) in [6.45, 7) is 3.09. The molecule has 0 unspecified atom stereocenters. The van der Waals surface area contributed by atoms with Gasteiger partial charge in [0.05, 0.1) is 18.8 Å². The van der Waals surface area contributed by atoms with Crippen LogP contribution in [0.1, 0.15) is 13.8 Å². The fraction of sp³-hybridized carbons (Fsp3) is 0.556. The van der Waals surface area contributed by atoms with E-state index in [0.29, 0.717) is 5.57 Å². The Hall–Kier alpha value is -0.640. The highest BCUT2D eigenvalue weighted by atomic mass is 16.3. The van der Waals surface area contributed by atoms with Gasteiger partial charge in [-0.3, -0.25) is 0 Å². The molecule has 0 aromatic rings. The molecule has 0 spiro atoms. The molecule has 0 fully saturated rings. The predicted octanol–water partition coefficient (Wildman–Crippen LogP) is 0.223. The molecule has 3 heteroatoms. The van der Waals surface area contributed by atoms with Gasteiger partial charge in [0, 0.05) is 0 Å². The quantitative estimate of drug-likeness (QED) is 0.532. The molecule has 2 atom stereocenters. The topological polar surface area (TPSA) is 60.7 Å². The summed E-state index contributed by atoms with van der Waals surface area (Å²) in [5.41, 5.74) is 0.603. The third-order valence-corrected chi connectivity index (χ3v) is 1.23. The van der Waals surface area contributed by atoms with Gasteiger partial charge in [-0.25, -0.2) is 0 Å². The van der Waals surface area contributed by atoms with Gasteiger partial charge in [-0.15, -0.1) is 0 Å². The molecule has 0 aliphatic heterocycles. The highest BCUT2D eigenvalue weighted by molar-refractivity contribution is 5.20. The molecule has 0 radical (unpaired) electrons. The van der Waals surface area contributed by atoms with Crippen molar-refractivity contribution < 1.29 is 15.3 Å². The molecule has 70 valence electrons. The van der Waals surface area contributed by atoms with Crippen LogP contribution < -0.4 is 0 Å². The standard InChI is InChI=1S/C9H16O3/c1-7(11)3-4-9(6-10)5-8(2)12/h3-5,7-8,10-12H,6H2,1-2H3/b4-3+,9-5-/t7-,8+/m1/s1. The van der Waals surface area contributed by atoms with Gasteiger partial charge in [-0.1, -0.05) is 18.2 Å². The van der Waals surface area contributed by atoms with Crippen molar-refractivity contribution in [1.82, 2.24) is 0 Å². The first-order chi connectivity index (χ1) is 5.56. The maximum Gasteiger partial charge on any atom is 0.0699 e. The zero-order chi connectivity index (χ0) is 9.56. The van der Waals surface area contributed by atoms with E-state index in [1.165, 1.54) is 6.08 Å². The lowest BCUT2D eigenvalue weighted by atomic mass is 10.2. The Morgan fingerprint density at radius 1 is 1.25 bits per heavy atom. The van der Waals surface area contributed by atoms with Gasteiger partial charge in [-0.05, 0) is 19.4 Å². The Bertz CT molecular complexity index is 169. The van der Waals surface area contributed by atoms with Crippen LogP contribution in [0.3, 0.4) is 0 Å². The van der Waals surface area contributed by atoms with E-state index in [9.17, 15) is 0 Å². The zero-order valence-electron chi connectivity index (χ0n) is 7.44. The Morgan fingerprint density at radius 3 is 2.17 bits per heavy atom. The Balaban J connectivity index is 4.17. The van der Waals surface area contributed by atoms with Crippen molar-refractivity contribution >= 4 is 0 Å². The lowest BCUT2D eigenvalue weighted by Crippen LogP contribution is -1.99. The zero-order valence-corrected chi connectivity index (χ0v) is 7.44. The summed E-state index contributed by atoms with van der Waals surface area (Å²) in [5, 5.41) is 26.6. The number of aliphatic hydroxyl groups excluding tert-OH is 3. The average molecular weight is 172 g/mol. The molecule has 0 amide bonds. The summed E-state index contributed by atoms with van der Waals surface area (Å²) in [7, 11) is 0. The Morgan fingerprint density at radius 2 is 1.83 bits per heavy atom. The van der Waals surface area contributed by atoms with E-state index in [2.05, 4.69) is 0 Å². The van der Waals surface area contributed by atoms with Gasteiger partial charge < -0.3 is 15.3 Å². The third kappa shape index (κ3) is 6.09. The molecular weight excluding hydrogens is 156 g/mol. The molecule has 0 heterocycles. The minimum atomic E-state index is -0.578. The van der Waals surface area contributed by atoms with E-state index in [0.717, 1.165) is 0 Å². The molecule has 0 saturated heterocycles. The van der Waals surface area contributed by atoms with Crippen molar-refractivity contribution in [3.8, 4) is 0 Å². The van der Waals surface area contributed by atoms with Gasteiger partial charge in [0.25, 0.3) is 0 Å². The molecule has 0 aromatic carbocycles. The maximum atomic E-state index is 8.94. The van der Waals surface area contributed by atoms with Gasteiger partial charge in [0.15, 0.2) is 0 Å². The van der Waals surface area contributed by atoms with Gasteiger partial charge in [0.1, 0.15) is 0 Å². The summed E-state index contributed by atoms with van der Waals surface area (Å²) in [6, 6.07) is 0. The van der Waals surface area contributed by atoms with Crippen LogP contribution in [-0.4, -0.2) is 34.1 Å². The lowest BCUT2D eigenvalue weighted by Gasteiger charge is -2.00. The summed E-state index contributed by atoms with van der Waals surface area (Å²) >= 11 is 0. The fourth-order valence-corrected chi connectivity index (χ4v) is 0.734. The molecule has 0 aliphatic rings. The van der Waals surface area contributed by atoms with Crippen molar-refractivity contribution in [1.29, 1.82) is 0 Å². The summed E-state index contributed by atoms with van der Waals surface area (Å²) in [4.78, 5) is 0. The van der Waals surface area contributed by atoms with Gasteiger partial charge in [0.2, 0.25) is 0 Å². The van der Waals surface area contributed by atoms with Crippen LogP contribution in [0.2, 0.25) is 0 Å². The molecule has 3 nitrogen and oxygen atoms in total. The van der Waals surface area contributed by atoms with Crippen LogP contribution in [0.4, 0.5) is 0 Å². The monoisotopic (exact) mass is 172 g/mol. The number of hydrogen-bond donors (Lipinski definition) is 3. The van der Waals surface area contributed by atoms with E-state index in [1.807, 2.05) is 0 Å². The molecule has 12 heavy (non-hydrogen) atoms. The SMILES string of the molecule is C[C@H](O)/C=C(/C=C/[C@@H](C)O)CO. The summed E-state index contributed by atoms with van der Waals surface area (Å²) in [5.74, 6) is 0. The van der Waals surface area contributed by atoms with Crippen LogP contribution in [0.25, 0.3) is 0 Å². The lowest BCUT2D eigenvalue weighted by molar-refractivity contribution is 0.239. The molecule has 0 bridgehead atoms. The van der Waals surface area contributed by atoms with E-state index in [4.69, 9.17) is 15.3 Å². The van der Waals surface area contributed by atoms with Gasteiger partial charge >= 0.3 is 0 Å². The molecular formula is C9H16O3. The smallest absolute Gasteiger partial charge is 0.0699 e. The second kappa shape index (κ2) is 5.94. The van der Waals surface area contributed by atoms with Crippen LogP contribution in [-0.2, 0) is 0 Å². The summed E-state index contributed by atoms with van der Waals surface area (Å²) in [6.07, 6.45) is 3.56. The third-order valence-electron chi connectivity index (χ3n) is 1.23. The van der Waals surface area contributed by atoms with E-state index in [1.54, 1.807) is 26.0 Å². The number of hydrogen-bond acceptors (Lipinski definition) is 3. The normalized spacial score (nSPS) is 18.2. The van der Waals surface area contributed by atoms with Crippen molar-refractivity contribution in [3.63, 3.8) is 0 Å². The van der Waals surface area contributed by atoms with Crippen molar-refractivity contribution in [2.45, 2.75) is 26.1 Å². The minimum Gasteiger partial charge on any atom is -0.392 e. The Labute approximate surface area is 72.7 Å². The molecule has 0 rings (SSSR count). The second-order valence-electron chi connectivity index (χ2n) is 2.74. The van der Waals surface area contributed by atoms with Crippen LogP contribution in [0, 0.1) is 0 Å². The largest absolute Gasteiger partial charge is 0.392 e. The summed E-state index contributed by atoms with van der Waals surface area (Å²) < 4.78 is 0. The van der Waals surface area contributed by atoms with Gasteiger partial charge in [-0.2, -0.15) is 0 Å². The van der Waals surface area contributed by atoms with E-state index < -0.39 is 12.2 Å².